The van der Waals surface area contributed by atoms with Crippen molar-refractivity contribution in [3.05, 3.63) is 93.6 Å². The molecule has 2 aromatic heterocycles. The summed E-state index contributed by atoms with van der Waals surface area (Å²) in [6.45, 7) is 1.49. The summed E-state index contributed by atoms with van der Waals surface area (Å²) in [5, 5.41) is 9.08. The van der Waals surface area contributed by atoms with Crippen LogP contribution in [0.15, 0.2) is 81.3 Å². The lowest BCUT2D eigenvalue weighted by molar-refractivity contribution is -0.161. The van der Waals surface area contributed by atoms with Crippen molar-refractivity contribution < 1.29 is 23.9 Å². The summed E-state index contributed by atoms with van der Waals surface area (Å²) in [5.74, 6) is -1.38. The summed E-state index contributed by atoms with van der Waals surface area (Å²) >= 11 is 1.37. The highest BCUT2D eigenvalue weighted by Crippen LogP contribution is 2.43. The number of amides is 2. The van der Waals surface area contributed by atoms with E-state index in [0.29, 0.717) is 28.3 Å². The minimum absolute atomic E-state index is 0.0644. The Hall–Kier alpha value is -4.09. The second-order valence-corrected chi connectivity index (χ2v) is 9.95. The van der Waals surface area contributed by atoms with Crippen LogP contribution in [0.5, 0.6) is 0 Å². The number of nitrogens with one attached hydrogen (secondary N) is 1. The number of hydrogen-bond acceptors (Lipinski definition) is 7. The molecule has 0 aliphatic carbocycles. The average Bonchev–Trinajstić information content (AvgIpc) is 3.44. The lowest BCUT2D eigenvalue weighted by atomic mass is 9.98. The van der Waals surface area contributed by atoms with Crippen molar-refractivity contribution in [3.8, 4) is 11.5 Å². The van der Waals surface area contributed by atoms with E-state index in [1.54, 1.807) is 61.5 Å². The topological polar surface area (TPSA) is 150 Å². The molecule has 5 rings (SSSR count). The number of nitrogens with zero attached hydrogens (tertiary/aromatic N) is 2. The minimum Gasteiger partial charge on any atom is -0.477 e. The zero-order valence-electron chi connectivity index (χ0n) is 19.8. The molecule has 2 aliphatic rings. The molecule has 0 radical (unpaired) electrons. The van der Waals surface area contributed by atoms with Crippen LogP contribution >= 0.6 is 11.8 Å². The number of aromatic nitrogens is 1. The Balaban J connectivity index is 1.49. The second kappa shape index (κ2) is 9.75. The maximum Gasteiger partial charge on any atom is 0.352 e. The largest absolute Gasteiger partial charge is 0.477 e. The summed E-state index contributed by atoms with van der Waals surface area (Å²) in [4.78, 5) is 57.1. The Kier molecular flexibility index (Phi) is 6.48. The maximum absolute atomic E-state index is 13.7. The Morgan fingerprint density at radius 3 is 2.59 bits per heavy atom. The quantitative estimate of drug-likeness (QED) is 0.402. The van der Waals surface area contributed by atoms with Gasteiger partial charge < -0.3 is 25.1 Å². The SMILES string of the molecule is CC1=C(C(=O)O)N2C(=O)[C@@H](N(Cc3ccc(-c4ccco4)[nH]c3=O)C(=O)[C@H](N)c3ccccc3)[C@H]2SC1. The minimum atomic E-state index is -1.20. The van der Waals surface area contributed by atoms with Crippen LogP contribution in [0.1, 0.15) is 24.1 Å². The highest BCUT2D eigenvalue weighted by Gasteiger charge is 2.57. The first-order valence-electron chi connectivity index (χ1n) is 11.5. The van der Waals surface area contributed by atoms with E-state index in [2.05, 4.69) is 4.98 Å². The number of fused-ring (bicyclic) bond motifs is 1. The number of pyridine rings is 1. The fraction of sp³-hybridized carbons (Fsp3) is 0.231. The van der Waals surface area contributed by atoms with Gasteiger partial charge in [-0.15, -0.1) is 11.8 Å². The molecule has 11 heteroatoms. The van der Waals surface area contributed by atoms with Crippen LogP contribution in [0.25, 0.3) is 11.5 Å². The number of β-lactam (4-membered cyclic amide) rings is 1. The van der Waals surface area contributed by atoms with E-state index in [4.69, 9.17) is 10.2 Å². The summed E-state index contributed by atoms with van der Waals surface area (Å²) in [6, 6.07) is 13.3. The zero-order chi connectivity index (χ0) is 26.3. The first-order valence-corrected chi connectivity index (χ1v) is 12.6. The Labute approximate surface area is 215 Å². The number of carboxylic acid groups (broad SMARTS) is 1. The third-order valence-electron chi connectivity index (χ3n) is 6.50. The van der Waals surface area contributed by atoms with Gasteiger partial charge in [-0.25, -0.2) is 4.79 Å². The molecule has 4 heterocycles. The summed E-state index contributed by atoms with van der Waals surface area (Å²) < 4.78 is 5.33. The average molecular weight is 521 g/mol. The molecule has 37 heavy (non-hydrogen) atoms. The van der Waals surface area contributed by atoms with Crippen LogP contribution in [0.2, 0.25) is 0 Å². The Morgan fingerprint density at radius 1 is 1.19 bits per heavy atom. The fourth-order valence-electron chi connectivity index (χ4n) is 4.59. The predicted molar refractivity (Wildman–Crippen MR) is 136 cm³/mol. The van der Waals surface area contributed by atoms with Crippen molar-refractivity contribution in [1.82, 2.24) is 14.8 Å². The molecule has 3 atom stereocenters. The Morgan fingerprint density at radius 2 is 1.95 bits per heavy atom. The van der Waals surface area contributed by atoms with Crippen LogP contribution in [0, 0.1) is 0 Å². The summed E-state index contributed by atoms with van der Waals surface area (Å²) in [7, 11) is 0. The zero-order valence-corrected chi connectivity index (χ0v) is 20.6. The van der Waals surface area contributed by atoms with Crippen LogP contribution in [-0.4, -0.2) is 54.8 Å². The van der Waals surface area contributed by atoms with E-state index in [-0.39, 0.29) is 17.8 Å². The van der Waals surface area contributed by atoms with Gasteiger partial charge in [0.25, 0.3) is 11.5 Å². The highest BCUT2D eigenvalue weighted by molar-refractivity contribution is 8.00. The number of thioether (sulfide) groups is 1. The molecule has 1 aromatic carbocycles. The molecule has 1 saturated heterocycles. The number of carbonyl (C=O) groups excluding carboxylic acids is 2. The molecule has 1 fully saturated rings. The van der Waals surface area contributed by atoms with Crippen LogP contribution in [0.4, 0.5) is 0 Å². The van der Waals surface area contributed by atoms with E-state index >= 15 is 0 Å². The number of furan rings is 1. The van der Waals surface area contributed by atoms with Gasteiger partial charge in [0, 0.05) is 11.3 Å². The number of rotatable bonds is 7. The number of nitrogens with two attached hydrogens (primary N) is 1. The highest BCUT2D eigenvalue weighted by atomic mass is 32.2. The number of carbonyl (C=O) groups is 3. The van der Waals surface area contributed by atoms with E-state index in [0.717, 1.165) is 0 Å². The van der Waals surface area contributed by atoms with Gasteiger partial charge in [-0.3, -0.25) is 19.3 Å². The van der Waals surface area contributed by atoms with Gasteiger partial charge in [-0.2, -0.15) is 0 Å². The normalized spacial score (nSPS) is 19.7. The lowest BCUT2D eigenvalue weighted by Crippen LogP contribution is -2.71. The molecule has 0 bridgehead atoms. The first kappa shape index (κ1) is 24.6. The van der Waals surface area contributed by atoms with E-state index < -0.39 is 40.8 Å². The molecule has 0 unspecified atom stereocenters. The molecule has 2 aliphatic heterocycles. The van der Waals surface area contributed by atoms with Gasteiger partial charge in [0.15, 0.2) is 0 Å². The number of H-pyrrole nitrogens is 1. The fourth-order valence-corrected chi connectivity index (χ4v) is 5.95. The molecular weight excluding hydrogens is 496 g/mol. The lowest BCUT2D eigenvalue weighted by Gasteiger charge is -2.53. The van der Waals surface area contributed by atoms with Gasteiger partial charge in [0.2, 0.25) is 5.91 Å². The third-order valence-corrected chi connectivity index (χ3v) is 7.91. The van der Waals surface area contributed by atoms with Gasteiger partial charge in [-0.1, -0.05) is 30.3 Å². The van der Waals surface area contributed by atoms with E-state index in [1.807, 2.05) is 0 Å². The van der Waals surface area contributed by atoms with Crippen molar-refractivity contribution in [2.24, 2.45) is 5.73 Å². The van der Waals surface area contributed by atoms with Gasteiger partial charge in [0.1, 0.15) is 28.9 Å². The number of carboxylic acids is 1. The summed E-state index contributed by atoms with van der Waals surface area (Å²) in [5.41, 5.74) is 7.67. The van der Waals surface area contributed by atoms with Gasteiger partial charge in [0.05, 0.1) is 18.5 Å². The molecule has 10 nitrogen and oxygen atoms in total. The number of aromatic amines is 1. The number of benzene rings is 1. The van der Waals surface area contributed by atoms with Crippen molar-refractivity contribution in [2.75, 3.05) is 5.75 Å². The maximum atomic E-state index is 13.7. The molecular formula is C26H24N4O6S. The predicted octanol–water partition coefficient (Wildman–Crippen LogP) is 2.31. The van der Waals surface area contributed by atoms with Crippen molar-refractivity contribution in [3.63, 3.8) is 0 Å². The smallest absolute Gasteiger partial charge is 0.352 e. The third kappa shape index (κ3) is 4.36. The van der Waals surface area contributed by atoms with E-state index in [9.17, 15) is 24.3 Å². The molecule has 3 aromatic rings. The van der Waals surface area contributed by atoms with Crippen LogP contribution in [0.3, 0.4) is 0 Å². The monoisotopic (exact) mass is 520 g/mol. The number of aliphatic carboxylic acids is 1. The van der Waals surface area contributed by atoms with Gasteiger partial charge >= 0.3 is 5.97 Å². The van der Waals surface area contributed by atoms with Crippen molar-refractivity contribution in [2.45, 2.75) is 30.9 Å². The van der Waals surface area contributed by atoms with Crippen molar-refractivity contribution >= 4 is 29.5 Å². The van der Waals surface area contributed by atoms with E-state index in [1.165, 1.54) is 27.8 Å². The summed E-state index contributed by atoms with van der Waals surface area (Å²) in [6.07, 6.45) is 1.49. The molecule has 0 spiro atoms. The molecule has 2 amide bonds. The van der Waals surface area contributed by atoms with Crippen molar-refractivity contribution in [1.29, 1.82) is 0 Å². The Bertz CT molecular complexity index is 1450. The molecule has 0 saturated carbocycles. The second-order valence-electron chi connectivity index (χ2n) is 8.85. The molecule has 4 N–H and O–H groups in total. The molecule has 190 valence electrons. The van der Waals surface area contributed by atoms with Gasteiger partial charge in [-0.05, 0) is 42.3 Å². The first-order chi connectivity index (χ1) is 17.8. The van der Waals surface area contributed by atoms with Crippen LogP contribution in [-0.2, 0) is 20.9 Å². The van der Waals surface area contributed by atoms with Crippen LogP contribution < -0.4 is 11.3 Å². The number of hydrogen-bond donors (Lipinski definition) is 3. The standard InChI is InChI=1S/C26H24N4O6S/c1-14-13-37-25-21(24(33)30(25)20(14)26(34)35)29(23(32)19(27)15-6-3-2-4-7-15)12-16-9-10-17(28-22(16)31)18-8-5-11-36-18/h2-11,19,21,25H,12-13,27H2,1H3,(H,28,31)(H,34,35)/t19-,21-,25-/m1/s1.